The molecule has 1 aromatic rings. The lowest BCUT2D eigenvalue weighted by Gasteiger charge is -2.08. The van der Waals surface area contributed by atoms with E-state index in [9.17, 15) is 18.0 Å². The predicted octanol–water partition coefficient (Wildman–Crippen LogP) is 2.26. The number of nitrogens with zero attached hydrogens (tertiary/aromatic N) is 1. The van der Waals surface area contributed by atoms with Crippen LogP contribution in [0.25, 0.3) is 0 Å². The summed E-state index contributed by atoms with van der Waals surface area (Å²) in [5.74, 6) is -2.48. The Morgan fingerprint density at radius 1 is 1.50 bits per heavy atom. The number of alkyl halides is 2. The van der Waals surface area contributed by atoms with Crippen molar-refractivity contribution in [2.45, 2.75) is 12.8 Å². The number of rotatable bonds is 3. The van der Waals surface area contributed by atoms with E-state index < -0.39 is 35.8 Å². The quantitative estimate of drug-likeness (QED) is 0.864. The van der Waals surface area contributed by atoms with Crippen molar-refractivity contribution in [2.75, 3.05) is 0 Å². The lowest BCUT2D eigenvalue weighted by Crippen LogP contribution is -2.06. The Morgan fingerprint density at radius 3 is 2.56 bits per heavy atom. The first-order chi connectivity index (χ1) is 7.47. The molecule has 0 aliphatic carbocycles. The highest BCUT2D eigenvalue weighted by Crippen LogP contribution is 2.28. The number of carboxylic acid groups (broad SMARTS) is 1. The fourth-order valence-corrected chi connectivity index (χ4v) is 1.29. The van der Waals surface area contributed by atoms with Gasteiger partial charge in [-0.1, -0.05) is 6.07 Å². The molecule has 1 rings (SSSR count). The lowest BCUT2D eigenvalue weighted by molar-refractivity contribution is -0.136. The SMILES string of the molecule is N#Cc1c(CC(=O)O)ccc(F)c1C(F)F. The van der Waals surface area contributed by atoms with E-state index in [1.165, 1.54) is 6.07 Å². The fourth-order valence-electron chi connectivity index (χ4n) is 1.29. The van der Waals surface area contributed by atoms with Gasteiger partial charge in [0.15, 0.2) is 0 Å². The van der Waals surface area contributed by atoms with Crippen molar-refractivity contribution in [3.8, 4) is 6.07 Å². The highest BCUT2D eigenvalue weighted by atomic mass is 19.3. The summed E-state index contributed by atoms with van der Waals surface area (Å²) in [7, 11) is 0. The van der Waals surface area contributed by atoms with E-state index in [1.807, 2.05) is 0 Å². The zero-order valence-corrected chi connectivity index (χ0v) is 7.88. The summed E-state index contributed by atoms with van der Waals surface area (Å²) in [6.45, 7) is 0. The van der Waals surface area contributed by atoms with Gasteiger partial charge >= 0.3 is 5.97 Å². The molecule has 0 saturated carbocycles. The fraction of sp³-hybridized carbons (Fsp3) is 0.200. The molecule has 16 heavy (non-hydrogen) atoms. The maximum absolute atomic E-state index is 13.0. The molecule has 1 N–H and O–H groups in total. The molecule has 0 atom stereocenters. The minimum Gasteiger partial charge on any atom is -0.481 e. The third-order valence-corrected chi connectivity index (χ3v) is 1.95. The Bertz CT molecular complexity index is 466. The number of hydrogen-bond donors (Lipinski definition) is 1. The first kappa shape index (κ1) is 12.0. The van der Waals surface area contributed by atoms with E-state index in [0.29, 0.717) is 0 Å². The van der Waals surface area contributed by atoms with Crippen LogP contribution in [0.3, 0.4) is 0 Å². The molecular formula is C10H6F3NO2. The van der Waals surface area contributed by atoms with Crippen molar-refractivity contribution < 1.29 is 23.1 Å². The van der Waals surface area contributed by atoms with Gasteiger partial charge in [-0.3, -0.25) is 4.79 Å². The summed E-state index contributed by atoms with van der Waals surface area (Å²) in [4.78, 5) is 10.4. The molecule has 0 aliphatic rings. The van der Waals surface area contributed by atoms with Crippen LogP contribution in [0.1, 0.15) is 23.1 Å². The molecule has 0 heterocycles. The number of halogens is 3. The third-order valence-electron chi connectivity index (χ3n) is 1.95. The molecule has 0 fully saturated rings. The van der Waals surface area contributed by atoms with E-state index in [4.69, 9.17) is 10.4 Å². The van der Waals surface area contributed by atoms with E-state index >= 15 is 0 Å². The maximum atomic E-state index is 13.0. The Labute approximate surface area is 88.7 Å². The second-order valence-electron chi connectivity index (χ2n) is 2.98. The molecule has 84 valence electrons. The number of hydrogen-bond acceptors (Lipinski definition) is 2. The molecule has 0 amide bonds. The topological polar surface area (TPSA) is 61.1 Å². The molecule has 3 nitrogen and oxygen atoms in total. The summed E-state index contributed by atoms with van der Waals surface area (Å²) in [5.41, 5.74) is -1.76. The van der Waals surface area contributed by atoms with Gasteiger partial charge in [-0.15, -0.1) is 0 Å². The largest absolute Gasteiger partial charge is 0.481 e. The number of carboxylic acids is 1. The summed E-state index contributed by atoms with van der Waals surface area (Å²) in [6, 6.07) is 3.17. The molecule has 0 spiro atoms. The number of benzene rings is 1. The van der Waals surface area contributed by atoms with Crippen molar-refractivity contribution in [3.63, 3.8) is 0 Å². The standard InChI is InChI=1S/C10H6F3NO2/c11-7-2-1-5(3-8(15)16)6(4-14)9(7)10(12)13/h1-2,10H,3H2,(H,15,16). The monoisotopic (exact) mass is 229 g/mol. The van der Waals surface area contributed by atoms with Gasteiger partial charge in [0.05, 0.1) is 17.5 Å². The Morgan fingerprint density at radius 2 is 2.12 bits per heavy atom. The summed E-state index contributed by atoms with van der Waals surface area (Å²) in [6.07, 6.45) is -3.74. The molecule has 0 bridgehead atoms. The van der Waals surface area contributed by atoms with Gasteiger partial charge in [-0.05, 0) is 11.6 Å². The molecule has 0 saturated heterocycles. The van der Waals surface area contributed by atoms with Crippen LogP contribution >= 0.6 is 0 Å². The number of nitriles is 1. The molecule has 0 radical (unpaired) electrons. The van der Waals surface area contributed by atoms with Gasteiger partial charge in [0.25, 0.3) is 6.43 Å². The van der Waals surface area contributed by atoms with Crippen LogP contribution in [0.4, 0.5) is 13.2 Å². The second kappa shape index (κ2) is 4.66. The van der Waals surface area contributed by atoms with Crippen molar-refractivity contribution in [2.24, 2.45) is 0 Å². The van der Waals surface area contributed by atoms with Crippen molar-refractivity contribution in [1.82, 2.24) is 0 Å². The van der Waals surface area contributed by atoms with Crippen LogP contribution in [-0.2, 0) is 11.2 Å². The maximum Gasteiger partial charge on any atom is 0.307 e. The Hall–Kier alpha value is -2.03. The van der Waals surface area contributed by atoms with E-state index in [1.54, 1.807) is 0 Å². The predicted molar refractivity (Wildman–Crippen MR) is 47.4 cm³/mol. The highest BCUT2D eigenvalue weighted by Gasteiger charge is 2.22. The van der Waals surface area contributed by atoms with Gasteiger partial charge in [0.1, 0.15) is 11.9 Å². The number of carbonyl (C=O) groups is 1. The normalized spacial score (nSPS) is 10.2. The van der Waals surface area contributed by atoms with Crippen molar-refractivity contribution in [3.05, 3.63) is 34.6 Å². The first-order valence-electron chi connectivity index (χ1n) is 4.18. The minimum absolute atomic E-state index is 0.119. The molecule has 0 aromatic heterocycles. The first-order valence-corrected chi connectivity index (χ1v) is 4.18. The van der Waals surface area contributed by atoms with E-state index in [2.05, 4.69) is 0 Å². The van der Waals surface area contributed by atoms with Crippen LogP contribution in [0, 0.1) is 17.1 Å². The molecule has 0 unspecified atom stereocenters. The average Bonchev–Trinajstić information content (AvgIpc) is 2.18. The Balaban J connectivity index is 3.38. The van der Waals surface area contributed by atoms with Crippen molar-refractivity contribution in [1.29, 1.82) is 5.26 Å². The molecule has 6 heteroatoms. The second-order valence-corrected chi connectivity index (χ2v) is 2.98. The highest BCUT2D eigenvalue weighted by molar-refractivity contribution is 5.71. The van der Waals surface area contributed by atoms with E-state index in [-0.39, 0.29) is 5.56 Å². The number of aliphatic carboxylic acids is 1. The van der Waals surface area contributed by atoms with Crippen molar-refractivity contribution >= 4 is 5.97 Å². The molecular weight excluding hydrogens is 223 g/mol. The van der Waals surface area contributed by atoms with Crippen LogP contribution < -0.4 is 0 Å². The lowest BCUT2D eigenvalue weighted by atomic mass is 9.99. The summed E-state index contributed by atoms with van der Waals surface area (Å²) < 4.78 is 37.9. The Kier molecular flexibility index (Phi) is 3.51. The van der Waals surface area contributed by atoms with Crippen LogP contribution in [0.15, 0.2) is 12.1 Å². The molecule has 1 aromatic carbocycles. The summed E-state index contributed by atoms with van der Waals surface area (Å²) in [5, 5.41) is 17.1. The van der Waals surface area contributed by atoms with Crippen LogP contribution in [0.2, 0.25) is 0 Å². The zero-order chi connectivity index (χ0) is 12.3. The zero-order valence-electron chi connectivity index (χ0n) is 7.88. The smallest absolute Gasteiger partial charge is 0.307 e. The van der Waals surface area contributed by atoms with Gasteiger partial charge in [0.2, 0.25) is 0 Å². The van der Waals surface area contributed by atoms with Gasteiger partial charge in [0, 0.05) is 0 Å². The average molecular weight is 229 g/mol. The third kappa shape index (κ3) is 2.31. The summed E-state index contributed by atoms with van der Waals surface area (Å²) >= 11 is 0. The van der Waals surface area contributed by atoms with Crippen LogP contribution in [0.5, 0.6) is 0 Å². The molecule has 0 aliphatic heterocycles. The van der Waals surface area contributed by atoms with E-state index in [0.717, 1.165) is 12.1 Å². The van der Waals surface area contributed by atoms with Crippen LogP contribution in [-0.4, -0.2) is 11.1 Å². The minimum atomic E-state index is -3.15. The van der Waals surface area contributed by atoms with Gasteiger partial charge < -0.3 is 5.11 Å². The van der Waals surface area contributed by atoms with Gasteiger partial charge in [-0.2, -0.15) is 5.26 Å². The van der Waals surface area contributed by atoms with Gasteiger partial charge in [-0.25, -0.2) is 13.2 Å².